The number of nitrogens with one attached hydrogen (secondary N) is 1. The average Bonchev–Trinajstić information content (AvgIpc) is 2.68. The molecule has 0 saturated carbocycles. The Hall–Kier alpha value is -1.17. The van der Waals surface area contributed by atoms with Crippen LogP contribution in [0, 0.1) is 0 Å². The number of aromatic amines is 1. The molecule has 104 valence electrons. The third-order valence-electron chi connectivity index (χ3n) is 2.80. The molecule has 4 N–H and O–H groups in total. The zero-order valence-corrected chi connectivity index (χ0v) is 11.8. The molecule has 19 heavy (non-hydrogen) atoms. The van der Waals surface area contributed by atoms with Crippen LogP contribution in [0.25, 0.3) is 10.9 Å². The molecular weight excluding hydrogens is 267 g/mol. The van der Waals surface area contributed by atoms with E-state index >= 15 is 0 Å². The maximum Gasteiger partial charge on any atom is 0.613 e. The third kappa shape index (κ3) is 3.65. The predicted molar refractivity (Wildman–Crippen MR) is 74.8 cm³/mol. The van der Waals surface area contributed by atoms with E-state index in [4.69, 9.17) is 19.2 Å². The van der Waals surface area contributed by atoms with Gasteiger partial charge >= 0.3 is 8.17 Å². The van der Waals surface area contributed by atoms with Gasteiger partial charge in [0.25, 0.3) is 0 Å². The number of likely N-dealkylation sites (N-methyl/N-ethyl adjacent to an activating group) is 1. The van der Waals surface area contributed by atoms with Crippen LogP contribution in [0.3, 0.4) is 0 Å². The Morgan fingerprint density at radius 2 is 2.00 bits per heavy atom. The standard InChI is InChI=1S/C12H18N2O4P/c1-14(2)7-6-9-8-13-10-4-3-5-11(12(9)10)18-19(15,16)17/h3-5,8,13,15-17H,6-7H2,1-2H3/q+1. The SMILES string of the molecule is CN(C)CCc1c[nH]c2cccc(O[P+](O)(O)O)c12. The molecule has 0 saturated heterocycles. The Bertz CT molecular complexity index is 562. The molecule has 0 spiro atoms. The summed E-state index contributed by atoms with van der Waals surface area (Å²) in [6, 6.07) is 5.19. The monoisotopic (exact) mass is 285 g/mol. The summed E-state index contributed by atoms with van der Waals surface area (Å²) in [7, 11) is -0.332. The van der Waals surface area contributed by atoms with Crippen molar-refractivity contribution in [3.05, 3.63) is 30.0 Å². The predicted octanol–water partition coefficient (Wildman–Crippen LogP) is 1.31. The molecule has 1 heterocycles. The highest BCUT2D eigenvalue weighted by molar-refractivity contribution is 7.53. The average molecular weight is 285 g/mol. The van der Waals surface area contributed by atoms with E-state index in [9.17, 15) is 0 Å². The first-order valence-corrected chi connectivity index (χ1v) is 7.44. The molecular formula is C12H18N2O4P+. The van der Waals surface area contributed by atoms with Crippen molar-refractivity contribution in [2.24, 2.45) is 0 Å². The molecule has 0 radical (unpaired) electrons. The van der Waals surface area contributed by atoms with E-state index in [-0.39, 0.29) is 5.75 Å². The number of hydrogen-bond acceptors (Lipinski definition) is 5. The topological polar surface area (TPSA) is 89.0 Å². The second kappa shape index (κ2) is 5.45. The van der Waals surface area contributed by atoms with Crippen molar-refractivity contribution >= 4 is 19.1 Å². The lowest BCUT2D eigenvalue weighted by atomic mass is 10.1. The third-order valence-corrected chi connectivity index (χ3v) is 3.24. The van der Waals surface area contributed by atoms with Gasteiger partial charge in [-0.25, -0.2) is 0 Å². The van der Waals surface area contributed by atoms with Crippen LogP contribution in [0.15, 0.2) is 24.4 Å². The van der Waals surface area contributed by atoms with Crippen molar-refractivity contribution in [1.82, 2.24) is 9.88 Å². The number of benzene rings is 1. The molecule has 0 bridgehead atoms. The first-order valence-electron chi connectivity index (χ1n) is 5.87. The Labute approximate surface area is 111 Å². The minimum absolute atomic E-state index is 0.272. The molecule has 0 aliphatic rings. The Morgan fingerprint density at radius 1 is 1.26 bits per heavy atom. The summed E-state index contributed by atoms with van der Waals surface area (Å²) in [5.41, 5.74) is 1.84. The van der Waals surface area contributed by atoms with Gasteiger partial charge in [0.2, 0.25) is 0 Å². The van der Waals surface area contributed by atoms with Crippen LogP contribution in [0.5, 0.6) is 5.75 Å². The van der Waals surface area contributed by atoms with Crippen LogP contribution in [0.4, 0.5) is 0 Å². The van der Waals surface area contributed by atoms with E-state index in [2.05, 4.69) is 9.88 Å². The molecule has 2 rings (SSSR count). The summed E-state index contributed by atoms with van der Waals surface area (Å²) < 4.78 is 4.86. The lowest BCUT2D eigenvalue weighted by Gasteiger charge is -2.10. The van der Waals surface area contributed by atoms with Crippen molar-refractivity contribution in [2.75, 3.05) is 20.6 Å². The van der Waals surface area contributed by atoms with Crippen LogP contribution in [0.1, 0.15) is 5.56 Å². The van der Waals surface area contributed by atoms with Gasteiger partial charge in [0.15, 0.2) is 5.75 Å². The quantitative estimate of drug-likeness (QED) is 0.622. The van der Waals surface area contributed by atoms with Crippen LogP contribution in [-0.4, -0.2) is 45.2 Å². The van der Waals surface area contributed by atoms with E-state index in [1.807, 2.05) is 26.4 Å². The zero-order chi connectivity index (χ0) is 14.0. The van der Waals surface area contributed by atoms with Crippen molar-refractivity contribution < 1.29 is 19.2 Å². The van der Waals surface area contributed by atoms with Crippen LogP contribution >= 0.6 is 8.17 Å². The minimum atomic E-state index is -4.30. The number of hydrogen-bond donors (Lipinski definition) is 4. The number of nitrogens with zero attached hydrogens (tertiary/aromatic N) is 1. The first-order chi connectivity index (χ1) is 8.87. The lowest BCUT2D eigenvalue weighted by Crippen LogP contribution is -2.14. The van der Waals surface area contributed by atoms with Crippen molar-refractivity contribution in [3.8, 4) is 5.75 Å². The van der Waals surface area contributed by atoms with Gasteiger partial charge in [0, 0.05) is 18.3 Å². The van der Waals surface area contributed by atoms with E-state index in [1.165, 1.54) is 0 Å². The summed E-state index contributed by atoms with van der Waals surface area (Å²) in [4.78, 5) is 32.3. The normalized spacial score (nSPS) is 12.3. The second-order valence-electron chi connectivity index (χ2n) is 4.65. The molecule has 1 aromatic heterocycles. The molecule has 0 amide bonds. The number of H-pyrrole nitrogens is 1. The summed E-state index contributed by atoms with van der Waals surface area (Å²) in [6.45, 7) is 0.860. The summed E-state index contributed by atoms with van der Waals surface area (Å²) in [5, 5.41) is 0.769. The van der Waals surface area contributed by atoms with Crippen LogP contribution < -0.4 is 4.52 Å². The van der Waals surface area contributed by atoms with E-state index in [0.29, 0.717) is 0 Å². The van der Waals surface area contributed by atoms with Gasteiger partial charge in [-0.2, -0.15) is 14.7 Å². The fourth-order valence-electron chi connectivity index (χ4n) is 1.97. The van der Waals surface area contributed by atoms with Crippen LogP contribution in [0.2, 0.25) is 0 Å². The summed E-state index contributed by atoms with van der Waals surface area (Å²) in [6.07, 6.45) is 2.66. The van der Waals surface area contributed by atoms with E-state index < -0.39 is 8.17 Å². The highest BCUT2D eigenvalue weighted by Gasteiger charge is 2.35. The molecule has 1 aromatic carbocycles. The second-order valence-corrected chi connectivity index (χ2v) is 5.86. The molecule has 2 aromatic rings. The highest BCUT2D eigenvalue weighted by Crippen LogP contribution is 2.48. The minimum Gasteiger partial charge on any atom is -0.361 e. The van der Waals surface area contributed by atoms with Gasteiger partial charge in [-0.15, -0.1) is 0 Å². The number of rotatable bonds is 5. The zero-order valence-electron chi connectivity index (χ0n) is 10.9. The van der Waals surface area contributed by atoms with Gasteiger partial charge in [-0.05, 0) is 38.2 Å². The van der Waals surface area contributed by atoms with Crippen molar-refractivity contribution in [2.45, 2.75) is 6.42 Å². The Morgan fingerprint density at radius 3 is 2.63 bits per heavy atom. The lowest BCUT2D eigenvalue weighted by molar-refractivity contribution is 0.239. The molecule has 6 nitrogen and oxygen atoms in total. The fraction of sp³-hybridized carbons (Fsp3) is 0.333. The fourth-order valence-corrected chi connectivity index (χ4v) is 2.38. The van der Waals surface area contributed by atoms with Crippen molar-refractivity contribution in [3.63, 3.8) is 0 Å². The smallest absolute Gasteiger partial charge is 0.361 e. The van der Waals surface area contributed by atoms with Gasteiger partial charge in [-0.3, -0.25) is 4.52 Å². The highest BCUT2D eigenvalue weighted by atomic mass is 31.2. The maximum atomic E-state index is 9.06. The Balaban J connectivity index is 2.37. The first kappa shape index (κ1) is 14.2. The van der Waals surface area contributed by atoms with E-state index in [0.717, 1.165) is 29.4 Å². The molecule has 0 atom stereocenters. The number of aromatic nitrogens is 1. The number of fused-ring (bicyclic) bond motifs is 1. The van der Waals surface area contributed by atoms with E-state index in [1.54, 1.807) is 12.1 Å². The Kier molecular flexibility index (Phi) is 4.08. The molecule has 0 aliphatic heterocycles. The molecule has 0 aliphatic carbocycles. The summed E-state index contributed by atoms with van der Waals surface area (Å²) in [5.74, 6) is 0.272. The van der Waals surface area contributed by atoms with Gasteiger partial charge < -0.3 is 9.88 Å². The molecule has 0 fully saturated rings. The largest absolute Gasteiger partial charge is 0.613 e. The summed E-state index contributed by atoms with van der Waals surface area (Å²) >= 11 is 0. The van der Waals surface area contributed by atoms with Crippen molar-refractivity contribution in [1.29, 1.82) is 0 Å². The molecule has 0 unspecified atom stereocenters. The molecule has 7 heteroatoms. The van der Waals surface area contributed by atoms with Gasteiger partial charge in [0.1, 0.15) is 0 Å². The van der Waals surface area contributed by atoms with Gasteiger partial charge in [-0.1, -0.05) is 6.07 Å². The van der Waals surface area contributed by atoms with Gasteiger partial charge in [0.05, 0.1) is 5.39 Å². The van der Waals surface area contributed by atoms with Crippen LogP contribution in [-0.2, 0) is 6.42 Å². The maximum absolute atomic E-state index is 9.06.